The molecule has 0 spiro atoms. The van der Waals surface area contributed by atoms with E-state index in [1.165, 1.54) is 0 Å². The topological polar surface area (TPSA) is 70.3 Å². The summed E-state index contributed by atoms with van der Waals surface area (Å²) < 4.78 is 12.6. The van der Waals surface area contributed by atoms with Crippen LogP contribution >= 0.6 is 0 Å². The number of anilines is 1. The standard InChI is InChI=1S/C6H8FN5/c1-12-2-9-4(8)3-5(12)11-6(7)10-3/h2H2,1H3,(H2,8,9)(H,10,11). The molecule has 1 aromatic heterocycles. The summed E-state index contributed by atoms with van der Waals surface area (Å²) in [6.07, 6.45) is -0.633. The molecule has 2 rings (SSSR count). The Balaban J connectivity index is 2.57. The zero-order chi connectivity index (χ0) is 8.72. The normalized spacial score (nSPS) is 15.8. The molecule has 0 atom stereocenters. The SMILES string of the molecule is CN1CN=C(N)c2[nH]c(F)nc21. The summed E-state index contributed by atoms with van der Waals surface area (Å²) >= 11 is 0. The summed E-state index contributed by atoms with van der Waals surface area (Å²) in [6, 6.07) is 0. The summed E-state index contributed by atoms with van der Waals surface area (Å²) in [6.45, 7) is 0.420. The molecule has 1 aliphatic heterocycles. The number of aromatic nitrogens is 2. The van der Waals surface area contributed by atoms with Crippen molar-refractivity contribution < 1.29 is 4.39 Å². The Kier molecular flexibility index (Phi) is 1.30. The highest BCUT2D eigenvalue weighted by molar-refractivity contribution is 6.01. The third-order valence-corrected chi connectivity index (χ3v) is 1.73. The zero-order valence-electron chi connectivity index (χ0n) is 6.50. The predicted molar refractivity (Wildman–Crippen MR) is 42.5 cm³/mol. The number of rotatable bonds is 0. The number of halogens is 1. The van der Waals surface area contributed by atoms with E-state index in [9.17, 15) is 4.39 Å². The molecule has 1 aliphatic rings. The third kappa shape index (κ3) is 0.843. The van der Waals surface area contributed by atoms with Crippen molar-refractivity contribution in [3.63, 3.8) is 0 Å². The van der Waals surface area contributed by atoms with Gasteiger partial charge in [0.05, 0.1) is 0 Å². The Hall–Kier alpha value is -1.59. The zero-order valence-corrected chi connectivity index (χ0v) is 6.50. The van der Waals surface area contributed by atoms with Crippen LogP contribution < -0.4 is 10.6 Å². The molecule has 0 aromatic carbocycles. The van der Waals surface area contributed by atoms with Gasteiger partial charge < -0.3 is 15.6 Å². The fraction of sp³-hybridized carbons (Fsp3) is 0.333. The van der Waals surface area contributed by atoms with E-state index < -0.39 is 6.08 Å². The summed E-state index contributed by atoms with van der Waals surface area (Å²) in [4.78, 5) is 11.7. The van der Waals surface area contributed by atoms with E-state index in [0.717, 1.165) is 0 Å². The molecule has 0 fully saturated rings. The average Bonchev–Trinajstić information content (AvgIpc) is 2.41. The first-order valence-electron chi connectivity index (χ1n) is 3.45. The Morgan fingerprint density at radius 3 is 3.08 bits per heavy atom. The number of nitrogens with zero attached hydrogens (tertiary/aromatic N) is 3. The van der Waals surface area contributed by atoms with Crippen molar-refractivity contribution in [1.29, 1.82) is 0 Å². The van der Waals surface area contributed by atoms with Gasteiger partial charge in [-0.05, 0) is 0 Å². The second-order valence-corrected chi connectivity index (χ2v) is 2.61. The highest BCUT2D eigenvalue weighted by Crippen LogP contribution is 2.18. The summed E-state index contributed by atoms with van der Waals surface area (Å²) in [5, 5.41) is 0. The molecule has 0 unspecified atom stereocenters. The second kappa shape index (κ2) is 2.20. The second-order valence-electron chi connectivity index (χ2n) is 2.61. The van der Waals surface area contributed by atoms with Crippen LogP contribution in [0.3, 0.4) is 0 Å². The summed E-state index contributed by atoms with van der Waals surface area (Å²) in [5.41, 5.74) is 5.97. The minimum absolute atomic E-state index is 0.305. The van der Waals surface area contributed by atoms with Crippen molar-refractivity contribution in [2.75, 3.05) is 18.6 Å². The predicted octanol–water partition coefficient (Wildman–Crippen LogP) is -0.339. The van der Waals surface area contributed by atoms with Crippen molar-refractivity contribution in [2.45, 2.75) is 0 Å². The molecule has 0 amide bonds. The van der Waals surface area contributed by atoms with Crippen molar-refractivity contribution in [3.05, 3.63) is 11.8 Å². The van der Waals surface area contributed by atoms with Gasteiger partial charge in [0.25, 0.3) is 6.08 Å². The van der Waals surface area contributed by atoms with Crippen LogP contribution in [0.2, 0.25) is 0 Å². The van der Waals surface area contributed by atoms with Gasteiger partial charge in [-0.15, -0.1) is 0 Å². The molecule has 6 heteroatoms. The van der Waals surface area contributed by atoms with Crippen molar-refractivity contribution >= 4 is 11.7 Å². The fourth-order valence-electron chi connectivity index (χ4n) is 1.12. The smallest absolute Gasteiger partial charge is 0.289 e. The fourth-order valence-corrected chi connectivity index (χ4v) is 1.12. The molecule has 0 radical (unpaired) electrons. The minimum Gasteiger partial charge on any atom is -0.382 e. The van der Waals surface area contributed by atoms with E-state index in [0.29, 0.717) is 24.0 Å². The lowest BCUT2D eigenvalue weighted by atomic mass is 10.3. The van der Waals surface area contributed by atoms with Gasteiger partial charge in [-0.1, -0.05) is 0 Å². The van der Waals surface area contributed by atoms with Crippen molar-refractivity contribution in [2.24, 2.45) is 10.7 Å². The van der Waals surface area contributed by atoms with E-state index in [2.05, 4.69) is 15.0 Å². The maximum absolute atomic E-state index is 12.6. The number of fused-ring (bicyclic) bond motifs is 1. The van der Waals surface area contributed by atoms with Gasteiger partial charge in [-0.3, -0.25) is 0 Å². The number of imidazole rings is 1. The number of nitrogens with one attached hydrogen (secondary N) is 1. The number of hydrogen-bond donors (Lipinski definition) is 2. The molecule has 0 saturated heterocycles. The maximum atomic E-state index is 12.6. The van der Waals surface area contributed by atoms with E-state index in [-0.39, 0.29) is 0 Å². The van der Waals surface area contributed by atoms with Crippen LogP contribution in [0.15, 0.2) is 4.99 Å². The number of nitrogens with two attached hydrogens (primary N) is 1. The number of aromatic amines is 1. The molecule has 0 bridgehead atoms. The monoisotopic (exact) mass is 169 g/mol. The largest absolute Gasteiger partial charge is 0.382 e. The highest BCUT2D eigenvalue weighted by Gasteiger charge is 2.20. The lowest BCUT2D eigenvalue weighted by molar-refractivity contribution is 0.552. The lowest BCUT2D eigenvalue weighted by Gasteiger charge is -2.19. The number of H-pyrrole nitrogens is 1. The van der Waals surface area contributed by atoms with Crippen LogP contribution in [0.4, 0.5) is 10.2 Å². The van der Waals surface area contributed by atoms with Gasteiger partial charge in [-0.25, -0.2) is 4.99 Å². The van der Waals surface area contributed by atoms with Crippen LogP contribution in [-0.4, -0.2) is 29.5 Å². The summed E-state index contributed by atoms with van der Waals surface area (Å²) in [5.74, 6) is 0.819. The first-order chi connectivity index (χ1) is 5.68. The lowest BCUT2D eigenvalue weighted by Crippen LogP contribution is -2.29. The van der Waals surface area contributed by atoms with Gasteiger partial charge in [0, 0.05) is 7.05 Å². The molecule has 1 aromatic rings. The van der Waals surface area contributed by atoms with Gasteiger partial charge in [0.1, 0.15) is 18.2 Å². The molecule has 64 valence electrons. The van der Waals surface area contributed by atoms with Crippen molar-refractivity contribution in [3.8, 4) is 0 Å². The van der Waals surface area contributed by atoms with Crippen molar-refractivity contribution in [1.82, 2.24) is 9.97 Å². The van der Waals surface area contributed by atoms with Crippen LogP contribution in [0.25, 0.3) is 0 Å². The first-order valence-corrected chi connectivity index (χ1v) is 3.45. The Morgan fingerprint density at radius 1 is 1.67 bits per heavy atom. The van der Waals surface area contributed by atoms with Gasteiger partial charge in [0.2, 0.25) is 0 Å². The Labute approximate surface area is 68.1 Å². The van der Waals surface area contributed by atoms with Gasteiger partial charge in [0.15, 0.2) is 5.82 Å². The highest BCUT2D eigenvalue weighted by atomic mass is 19.1. The van der Waals surface area contributed by atoms with E-state index in [1.807, 2.05) is 0 Å². The maximum Gasteiger partial charge on any atom is 0.289 e. The van der Waals surface area contributed by atoms with E-state index in [4.69, 9.17) is 5.73 Å². The molecule has 3 N–H and O–H groups in total. The minimum atomic E-state index is -0.633. The number of amidine groups is 1. The number of hydrogen-bond acceptors (Lipinski definition) is 4. The third-order valence-electron chi connectivity index (χ3n) is 1.73. The van der Waals surface area contributed by atoms with Crippen LogP contribution in [0.5, 0.6) is 0 Å². The van der Waals surface area contributed by atoms with Gasteiger partial charge in [-0.2, -0.15) is 9.37 Å². The molecule has 5 nitrogen and oxygen atoms in total. The molecule has 2 heterocycles. The van der Waals surface area contributed by atoms with E-state index in [1.54, 1.807) is 11.9 Å². The molecule has 12 heavy (non-hydrogen) atoms. The Bertz CT molecular complexity index is 342. The first kappa shape index (κ1) is 7.08. The molecule has 0 saturated carbocycles. The van der Waals surface area contributed by atoms with Crippen LogP contribution in [-0.2, 0) is 0 Å². The molecular weight excluding hydrogens is 161 g/mol. The molecule has 0 aliphatic carbocycles. The molecular formula is C6H8FN5. The van der Waals surface area contributed by atoms with Gasteiger partial charge >= 0.3 is 0 Å². The van der Waals surface area contributed by atoms with E-state index >= 15 is 0 Å². The Morgan fingerprint density at radius 2 is 2.42 bits per heavy atom. The quantitative estimate of drug-likeness (QED) is 0.558. The number of aliphatic imine (C=N–C) groups is 1. The van der Waals surface area contributed by atoms with Crippen LogP contribution in [0.1, 0.15) is 5.69 Å². The van der Waals surface area contributed by atoms with Crippen LogP contribution in [0, 0.1) is 6.08 Å². The summed E-state index contributed by atoms with van der Waals surface area (Å²) in [7, 11) is 1.77. The average molecular weight is 169 g/mol.